The summed E-state index contributed by atoms with van der Waals surface area (Å²) in [4.78, 5) is 40.6. The predicted molar refractivity (Wildman–Crippen MR) is 145 cm³/mol. The van der Waals surface area contributed by atoms with Crippen molar-refractivity contribution in [2.24, 2.45) is 5.92 Å². The van der Waals surface area contributed by atoms with Crippen LogP contribution in [0.1, 0.15) is 54.0 Å². The van der Waals surface area contributed by atoms with Gasteiger partial charge in [-0.05, 0) is 63.7 Å². The Labute approximate surface area is 223 Å². The molecule has 2 aromatic rings. The number of hydrogen-bond acceptors (Lipinski definition) is 6. The standard InChI is InChI=1S/C28H38N4O6/c1-17(2)29-28(37)30-22-10-11-24-23(12-22)26(34)32(19(4)16-33)13-18(3)25(38-24)15-31(5)14-20-6-8-21(9-7-20)27(35)36/h6-12,17-19,25,33H,13-16H2,1-5H3,(H,35,36)(H2,29,30,37)/t18-,19-,25+/m0/s1. The van der Waals surface area contributed by atoms with Gasteiger partial charge < -0.3 is 30.5 Å². The fourth-order valence-corrected chi connectivity index (χ4v) is 4.38. The maximum absolute atomic E-state index is 13.6. The first-order chi connectivity index (χ1) is 18.0. The molecule has 3 amide bonds. The van der Waals surface area contributed by atoms with E-state index in [0.29, 0.717) is 36.6 Å². The van der Waals surface area contributed by atoms with E-state index in [1.165, 1.54) is 0 Å². The summed E-state index contributed by atoms with van der Waals surface area (Å²) in [5.74, 6) is -0.870. The van der Waals surface area contributed by atoms with Crippen LogP contribution in [0.25, 0.3) is 0 Å². The number of fused-ring (bicyclic) bond motifs is 1. The van der Waals surface area contributed by atoms with Gasteiger partial charge in [0.2, 0.25) is 0 Å². The Bertz CT molecular complexity index is 1140. The van der Waals surface area contributed by atoms with Gasteiger partial charge in [0, 0.05) is 37.3 Å². The lowest BCUT2D eigenvalue weighted by Crippen LogP contribution is -2.49. The number of benzene rings is 2. The first-order valence-corrected chi connectivity index (χ1v) is 12.8. The van der Waals surface area contributed by atoms with Crippen LogP contribution >= 0.6 is 0 Å². The molecule has 3 rings (SSSR count). The molecule has 0 saturated heterocycles. The van der Waals surface area contributed by atoms with Crippen molar-refractivity contribution in [2.45, 2.75) is 52.4 Å². The van der Waals surface area contributed by atoms with Crippen LogP contribution in [0.3, 0.4) is 0 Å². The molecule has 0 aromatic heterocycles. The third-order valence-electron chi connectivity index (χ3n) is 6.49. The minimum absolute atomic E-state index is 0.0421. The van der Waals surface area contributed by atoms with Crippen LogP contribution in [0.5, 0.6) is 5.75 Å². The summed E-state index contributed by atoms with van der Waals surface area (Å²) < 4.78 is 6.41. The van der Waals surface area contributed by atoms with Crippen molar-refractivity contribution in [3.63, 3.8) is 0 Å². The summed E-state index contributed by atoms with van der Waals surface area (Å²) in [5, 5.41) is 24.5. The zero-order valence-electron chi connectivity index (χ0n) is 22.6. The number of nitrogens with one attached hydrogen (secondary N) is 2. The Balaban J connectivity index is 1.84. The molecule has 0 radical (unpaired) electrons. The van der Waals surface area contributed by atoms with E-state index in [1.54, 1.807) is 54.3 Å². The van der Waals surface area contributed by atoms with E-state index in [1.807, 2.05) is 27.8 Å². The Morgan fingerprint density at radius 3 is 2.45 bits per heavy atom. The predicted octanol–water partition coefficient (Wildman–Crippen LogP) is 3.27. The minimum atomic E-state index is -0.963. The molecule has 0 unspecified atom stereocenters. The van der Waals surface area contributed by atoms with Crippen LogP contribution in [0.15, 0.2) is 42.5 Å². The van der Waals surface area contributed by atoms with E-state index in [2.05, 4.69) is 15.5 Å². The van der Waals surface area contributed by atoms with Gasteiger partial charge in [0.05, 0.1) is 23.8 Å². The van der Waals surface area contributed by atoms with Crippen LogP contribution in [0.4, 0.5) is 10.5 Å². The van der Waals surface area contributed by atoms with Crippen LogP contribution in [-0.2, 0) is 6.54 Å². The Morgan fingerprint density at radius 1 is 1.16 bits per heavy atom. The van der Waals surface area contributed by atoms with Crippen molar-refractivity contribution in [1.82, 2.24) is 15.1 Å². The largest absolute Gasteiger partial charge is 0.488 e. The van der Waals surface area contributed by atoms with Crippen LogP contribution in [-0.4, -0.2) is 82.9 Å². The molecule has 1 aliphatic rings. The second-order valence-corrected chi connectivity index (χ2v) is 10.3. The lowest BCUT2D eigenvalue weighted by molar-refractivity contribution is 0.0341. The molecule has 10 nitrogen and oxygen atoms in total. The van der Waals surface area contributed by atoms with E-state index in [9.17, 15) is 19.5 Å². The number of aromatic carboxylic acids is 1. The highest BCUT2D eigenvalue weighted by molar-refractivity contribution is 5.99. The highest BCUT2D eigenvalue weighted by Crippen LogP contribution is 2.30. The number of aliphatic hydroxyl groups excluding tert-OH is 1. The van der Waals surface area contributed by atoms with Gasteiger partial charge >= 0.3 is 12.0 Å². The number of carboxylic acid groups (broad SMARTS) is 1. The maximum Gasteiger partial charge on any atom is 0.335 e. The monoisotopic (exact) mass is 526 g/mol. The van der Waals surface area contributed by atoms with Crippen molar-refractivity contribution in [2.75, 3.05) is 32.1 Å². The first kappa shape index (κ1) is 28.9. The third-order valence-corrected chi connectivity index (χ3v) is 6.49. The van der Waals surface area contributed by atoms with E-state index >= 15 is 0 Å². The number of rotatable bonds is 9. The van der Waals surface area contributed by atoms with E-state index in [4.69, 9.17) is 9.84 Å². The number of carboxylic acids is 1. The van der Waals surface area contributed by atoms with Gasteiger partial charge in [-0.25, -0.2) is 9.59 Å². The summed E-state index contributed by atoms with van der Waals surface area (Å²) in [6.45, 7) is 8.87. The fraction of sp³-hybridized carbons (Fsp3) is 0.464. The molecule has 0 spiro atoms. The molecule has 0 aliphatic carbocycles. The number of carbonyl (C=O) groups excluding carboxylic acids is 2. The second kappa shape index (κ2) is 12.7. The van der Waals surface area contributed by atoms with Gasteiger partial charge in [0.1, 0.15) is 11.9 Å². The smallest absolute Gasteiger partial charge is 0.335 e. The lowest BCUT2D eigenvalue weighted by Gasteiger charge is -2.38. The topological polar surface area (TPSA) is 131 Å². The summed E-state index contributed by atoms with van der Waals surface area (Å²) in [6.07, 6.45) is -0.276. The van der Waals surface area contributed by atoms with Crippen molar-refractivity contribution >= 4 is 23.6 Å². The van der Waals surface area contributed by atoms with Crippen molar-refractivity contribution in [1.29, 1.82) is 0 Å². The van der Waals surface area contributed by atoms with Crippen LogP contribution < -0.4 is 15.4 Å². The average molecular weight is 527 g/mol. The number of urea groups is 1. The fourth-order valence-electron chi connectivity index (χ4n) is 4.38. The van der Waals surface area contributed by atoms with Gasteiger partial charge in [-0.2, -0.15) is 0 Å². The highest BCUT2D eigenvalue weighted by atomic mass is 16.5. The summed E-state index contributed by atoms with van der Waals surface area (Å²) in [7, 11) is 1.96. The quantitative estimate of drug-likeness (QED) is 0.394. The van der Waals surface area contributed by atoms with Crippen LogP contribution in [0.2, 0.25) is 0 Å². The molecule has 2 aromatic carbocycles. The maximum atomic E-state index is 13.6. The van der Waals surface area contributed by atoms with Crippen molar-refractivity contribution in [3.05, 3.63) is 59.2 Å². The number of anilines is 1. The summed E-state index contributed by atoms with van der Waals surface area (Å²) in [6, 6.07) is 10.9. The molecule has 1 aliphatic heterocycles. The van der Waals surface area contributed by atoms with Gasteiger partial charge in [0.15, 0.2) is 0 Å². The van der Waals surface area contributed by atoms with E-state index < -0.39 is 12.0 Å². The number of likely N-dealkylation sites (N-methyl/N-ethyl adjacent to an activating group) is 1. The zero-order chi connectivity index (χ0) is 28.0. The Kier molecular flexibility index (Phi) is 9.71. The number of ether oxygens (including phenoxy) is 1. The summed E-state index contributed by atoms with van der Waals surface area (Å²) in [5.41, 5.74) is 1.99. The van der Waals surface area contributed by atoms with E-state index in [0.717, 1.165) is 5.56 Å². The molecule has 0 bridgehead atoms. The normalized spacial score (nSPS) is 18.3. The molecule has 206 valence electrons. The summed E-state index contributed by atoms with van der Waals surface area (Å²) >= 11 is 0. The number of aliphatic hydroxyl groups is 1. The molecule has 10 heteroatoms. The number of amides is 3. The molecule has 3 atom stereocenters. The lowest BCUT2D eigenvalue weighted by atomic mass is 9.99. The second-order valence-electron chi connectivity index (χ2n) is 10.3. The molecular weight excluding hydrogens is 488 g/mol. The Hall–Kier alpha value is -3.63. The minimum Gasteiger partial charge on any atom is -0.488 e. The molecule has 0 saturated carbocycles. The molecule has 1 heterocycles. The highest BCUT2D eigenvalue weighted by Gasteiger charge is 2.33. The molecule has 38 heavy (non-hydrogen) atoms. The number of carbonyl (C=O) groups is 3. The molecular formula is C28H38N4O6. The zero-order valence-corrected chi connectivity index (χ0v) is 22.6. The van der Waals surface area contributed by atoms with Crippen molar-refractivity contribution < 1.29 is 29.3 Å². The first-order valence-electron chi connectivity index (χ1n) is 12.8. The SMILES string of the molecule is CC(C)NC(=O)Nc1ccc2c(c1)C(=O)N([C@@H](C)CO)C[C@H](C)[C@@H](CN(C)Cc1ccc(C(=O)O)cc1)O2. The Morgan fingerprint density at radius 2 is 1.84 bits per heavy atom. The third kappa shape index (κ3) is 7.45. The van der Waals surface area contributed by atoms with Gasteiger partial charge in [-0.15, -0.1) is 0 Å². The van der Waals surface area contributed by atoms with Crippen LogP contribution in [0, 0.1) is 5.92 Å². The van der Waals surface area contributed by atoms with Gasteiger partial charge in [-0.3, -0.25) is 9.69 Å². The van der Waals surface area contributed by atoms with Gasteiger partial charge in [0.25, 0.3) is 5.91 Å². The number of hydrogen-bond donors (Lipinski definition) is 4. The molecule has 0 fully saturated rings. The average Bonchev–Trinajstić information content (AvgIpc) is 2.85. The van der Waals surface area contributed by atoms with Crippen molar-refractivity contribution in [3.8, 4) is 5.75 Å². The molecule has 4 N–H and O–H groups in total. The van der Waals surface area contributed by atoms with Gasteiger partial charge in [-0.1, -0.05) is 19.1 Å². The van der Waals surface area contributed by atoms with E-state index in [-0.39, 0.29) is 42.2 Å². The number of nitrogens with zero attached hydrogens (tertiary/aromatic N) is 2.